The van der Waals surface area contributed by atoms with E-state index in [0.29, 0.717) is 44.3 Å². The van der Waals surface area contributed by atoms with E-state index in [1.165, 1.54) is 0 Å². The van der Waals surface area contributed by atoms with Gasteiger partial charge in [-0.05, 0) is 49.9 Å². The largest absolute Gasteiger partial charge is 0.326 e. The van der Waals surface area contributed by atoms with E-state index in [2.05, 4.69) is 10.0 Å². The van der Waals surface area contributed by atoms with Crippen LogP contribution >= 0.6 is 0 Å². The first kappa shape index (κ1) is 18.9. The average molecular weight is 356 g/mol. The number of anilines is 1. The molecule has 1 aromatic rings. The fourth-order valence-corrected chi connectivity index (χ4v) is 3.42. The lowest BCUT2D eigenvalue weighted by Gasteiger charge is -2.09. The number of carbonyl (C=O) groups is 1. The molecule has 0 radical (unpaired) electrons. The molecule has 1 aliphatic carbocycles. The number of rotatable bonds is 8. The molecular weight excluding hydrogens is 331 g/mol. The Kier molecular flexibility index (Phi) is 6.34. The van der Waals surface area contributed by atoms with E-state index in [4.69, 9.17) is 0 Å². The summed E-state index contributed by atoms with van der Waals surface area (Å²) in [6.45, 7) is 3.58. The maximum atomic E-state index is 13.3. The fraction of sp³-hybridized carbons (Fsp3) is 0.588. The lowest BCUT2D eigenvalue weighted by Crippen LogP contribution is -2.31. The molecule has 0 bridgehead atoms. The van der Waals surface area contributed by atoms with Crippen molar-refractivity contribution in [3.05, 3.63) is 29.3 Å². The Morgan fingerprint density at radius 1 is 1.25 bits per heavy atom. The topological polar surface area (TPSA) is 75.3 Å². The molecule has 0 saturated heterocycles. The van der Waals surface area contributed by atoms with E-state index < -0.39 is 21.4 Å². The first-order chi connectivity index (χ1) is 11.3. The second kappa shape index (κ2) is 8.07. The molecule has 0 aliphatic heterocycles. The number of hydrogen-bond donors (Lipinski definition) is 2. The summed E-state index contributed by atoms with van der Waals surface area (Å²) in [5, 5.41) is 2.36. The maximum Gasteiger partial charge on any atom is 0.224 e. The van der Waals surface area contributed by atoms with Crippen LogP contribution in [0.1, 0.15) is 44.2 Å². The van der Waals surface area contributed by atoms with Gasteiger partial charge in [-0.25, -0.2) is 17.5 Å². The molecule has 0 fully saturated rings. The second-order valence-electron chi connectivity index (χ2n) is 6.48. The molecule has 0 saturated carbocycles. The van der Waals surface area contributed by atoms with Crippen LogP contribution in [0.4, 0.5) is 10.1 Å². The summed E-state index contributed by atoms with van der Waals surface area (Å²) < 4.78 is 39.0. The third-order valence-electron chi connectivity index (χ3n) is 4.13. The smallest absolute Gasteiger partial charge is 0.224 e. The molecule has 0 heterocycles. The molecule has 0 spiro atoms. The van der Waals surface area contributed by atoms with E-state index in [1.807, 2.05) is 12.1 Å². The van der Waals surface area contributed by atoms with Crippen molar-refractivity contribution < 1.29 is 17.6 Å². The summed E-state index contributed by atoms with van der Waals surface area (Å²) in [6, 6.07) is 5.50. The highest BCUT2D eigenvalue weighted by molar-refractivity contribution is 7.90. The van der Waals surface area contributed by atoms with Gasteiger partial charge in [0.1, 0.15) is 6.17 Å². The highest BCUT2D eigenvalue weighted by Crippen LogP contribution is 2.27. The highest BCUT2D eigenvalue weighted by atomic mass is 32.2. The number of hydrogen-bond acceptors (Lipinski definition) is 3. The van der Waals surface area contributed by atoms with Crippen LogP contribution in [-0.2, 0) is 27.7 Å². The number of benzene rings is 1. The maximum absolute atomic E-state index is 13.3. The summed E-state index contributed by atoms with van der Waals surface area (Å²) in [5.41, 5.74) is 2.66. The Labute approximate surface area is 143 Å². The number of alkyl halides is 1. The standard InChI is InChI=1S/C17H25FN2O3S/c1-12(2)24(22,23)19-8-4-3-5-17(21)20-16-7-6-13-9-15(18)10-14(13)11-16/h6-7,11-12,15,19H,3-5,8-10H2,1-2H3,(H,20,21). The fourth-order valence-electron chi connectivity index (χ4n) is 2.66. The van der Waals surface area contributed by atoms with Gasteiger partial charge in [-0.15, -0.1) is 0 Å². The van der Waals surface area contributed by atoms with Crippen molar-refractivity contribution in [3.63, 3.8) is 0 Å². The Morgan fingerprint density at radius 3 is 2.67 bits per heavy atom. The minimum atomic E-state index is -3.24. The normalized spacial score (nSPS) is 17.1. The zero-order valence-electron chi connectivity index (χ0n) is 14.1. The molecule has 1 amide bonds. The predicted molar refractivity (Wildman–Crippen MR) is 93.3 cm³/mol. The predicted octanol–water partition coefficient (Wildman–Crippen LogP) is 2.56. The van der Waals surface area contributed by atoms with Crippen LogP contribution in [0.25, 0.3) is 0 Å². The summed E-state index contributed by atoms with van der Waals surface area (Å²) in [7, 11) is -3.24. The number of sulfonamides is 1. The Hall–Kier alpha value is -1.47. The number of unbranched alkanes of at least 4 members (excludes halogenated alkanes) is 1. The van der Waals surface area contributed by atoms with Crippen molar-refractivity contribution >= 4 is 21.6 Å². The molecule has 1 aliphatic rings. The van der Waals surface area contributed by atoms with Gasteiger partial charge in [0, 0.05) is 31.5 Å². The molecule has 1 unspecified atom stereocenters. The van der Waals surface area contributed by atoms with Crippen LogP contribution in [0.2, 0.25) is 0 Å². The van der Waals surface area contributed by atoms with Crippen LogP contribution < -0.4 is 10.0 Å². The van der Waals surface area contributed by atoms with Crippen molar-refractivity contribution in [1.29, 1.82) is 0 Å². The lowest BCUT2D eigenvalue weighted by molar-refractivity contribution is -0.116. The van der Waals surface area contributed by atoms with Crippen molar-refractivity contribution in [2.75, 3.05) is 11.9 Å². The summed E-state index contributed by atoms with van der Waals surface area (Å²) in [5.74, 6) is -0.114. The van der Waals surface area contributed by atoms with E-state index >= 15 is 0 Å². The molecule has 5 nitrogen and oxygen atoms in total. The molecule has 7 heteroatoms. The Morgan fingerprint density at radius 2 is 1.96 bits per heavy atom. The third-order valence-corrected chi connectivity index (χ3v) is 5.97. The van der Waals surface area contributed by atoms with Crippen molar-refractivity contribution in [3.8, 4) is 0 Å². The summed E-state index contributed by atoms with van der Waals surface area (Å²) in [6.07, 6.45) is 1.58. The monoisotopic (exact) mass is 356 g/mol. The SMILES string of the molecule is CC(C)S(=O)(=O)NCCCCC(=O)Nc1ccc2c(c1)CC(F)C2. The van der Waals surface area contributed by atoms with Crippen molar-refractivity contribution in [2.45, 2.75) is 57.4 Å². The van der Waals surface area contributed by atoms with E-state index in [9.17, 15) is 17.6 Å². The van der Waals surface area contributed by atoms with Crippen molar-refractivity contribution in [1.82, 2.24) is 4.72 Å². The van der Waals surface area contributed by atoms with Crippen LogP contribution in [0.15, 0.2) is 18.2 Å². The van der Waals surface area contributed by atoms with Crippen LogP contribution in [0.5, 0.6) is 0 Å². The van der Waals surface area contributed by atoms with Crippen LogP contribution in [-0.4, -0.2) is 32.3 Å². The second-order valence-corrected chi connectivity index (χ2v) is 8.80. The van der Waals surface area contributed by atoms with Gasteiger partial charge >= 0.3 is 0 Å². The van der Waals surface area contributed by atoms with Gasteiger partial charge in [0.15, 0.2) is 0 Å². The van der Waals surface area contributed by atoms with E-state index in [1.54, 1.807) is 19.9 Å². The highest BCUT2D eigenvalue weighted by Gasteiger charge is 2.21. The molecule has 0 aromatic heterocycles. The number of amides is 1. The lowest BCUT2D eigenvalue weighted by atomic mass is 10.1. The molecule has 1 aromatic carbocycles. The van der Waals surface area contributed by atoms with Gasteiger partial charge in [0.05, 0.1) is 5.25 Å². The van der Waals surface area contributed by atoms with E-state index in [-0.39, 0.29) is 5.91 Å². The average Bonchev–Trinajstić information content (AvgIpc) is 2.86. The molecule has 24 heavy (non-hydrogen) atoms. The number of halogens is 1. The van der Waals surface area contributed by atoms with Gasteiger partial charge in [-0.3, -0.25) is 4.79 Å². The minimum Gasteiger partial charge on any atom is -0.326 e. The quantitative estimate of drug-likeness (QED) is 0.703. The van der Waals surface area contributed by atoms with Gasteiger partial charge in [-0.2, -0.15) is 0 Å². The Balaban J connectivity index is 1.70. The molecule has 134 valence electrons. The third kappa shape index (κ3) is 5.27. The van der Waals surface area contributed by atoms with E-state index in [0.717, 1.165) is 11.1 Å². The number of fused-ring (bicyclic) bond motifs is 1. The van der Waals surface area contributed by atoms with Gasteiger partial charge in [-0.1, -0.05) is 6.07 Å². The molecule has 1 atom stereocenters. The summed E-state index contributed by atoms with van der Waals surface area (Å²) in [4.78, 5) is 11.9. The number of carbonyl (C=O) groups excluding carboxylic acids is 1. The van der Waals surface area contributed by atoms with Gasteiger partial charge in [0.25, 0.3) is 0 Å². The zero-order valence-corrected chi connectivity index (χ0v) is 15.0. The summed E-state index contributed by atoms with van der Waals surface area (Å²) >= 11 is 0. The molecule has 2 N–H and O–H groups in total. The zero-order chi connectivity index (χ0) is 17.7. The Bertz CT molecular complexity index is 689. The van der Waals surface area contributed by atoms with Gasteiger partial charge in [0.2, 0.25) is 15.9 Å². The van der Waals surface area contributed by atoms with Crippen LogP contribution in [0.3, 0.4) is 0 Å². The first-order valence-electron chi connectivity index (χ1n) is 8.32. The van der Waals surface area contributed by atoms with Crippen LogP contribution in [0, 0.1) is 0 Å². The number of nitrogens with one attached hydrogen (secondary N) is 2. The van der Waals surface area contributed by atoms with Gasteiger partial charge < -0.3 is 5.32 Å². The first-order valence-corrected chi connectivity index (χ1v) is 9.87. The molecule has 2 rings (SSSR count). The van der Waals surface area contributed by atoms with Crippen molar-refractivity contribution in [2.24, 2.45) is 0 Å². The minimum absolute atomic E-state index is 0.114. The molecular formula is C17H25FN2O3S.